The van der Waals surface area contributed by atoms with Crippen LogP contribution < -0.4 is 19.5 Å². The predicted octanol–water partition coefficient (Wildman–Crippen LogP) is 4.10. The third-order valence-corrected chi connectivity index (χ3v) is 6.08. The molecule has 0 saturated carbocycles. The molecule has 10 heteroatoms. The summed E-state index contributed by atoms with van der Waals surface area (Å²) in [5, 5.41) is 22.0. The number of nitrogens with one attached hydrogen (secondary N) is 2. The highest BCUT2D eigenvalue weighted by atomic mass is 32.2. The number of H-pyrrole nitrogens is 1. The lowest BCUT2D eigenvalue weighted by molar-refractivity contribution is -0.625. The fourth-order valence-corrected chi connectivity index (χ4v) is 4.26. The Bertz CT molecular complexity index is 1360. The van der Waals surface area contributed by atoms with Crippen molar-refractivity contribution in [3.05, 3.63) is 78.4 Å². The van der Waals surface area contributed by atoms with Crippen molar-refractivity contribution in [1.82, 2.24) is 15.6 Å². The van der Waals surface area contributed by atoms with Gasteiger partial charge in [-0.05, 0) is 85.8 Å². The number of aromatic amines is 1. The summed E-state index contributed by atoms with van der Waals surface area (Å²) in [6.07, 6.45) is 1.49. The minimum absolute atomic E-state index is 0.0501. The Morgan fingerprint density at radius 2 is 1.84 bits per heavy atom. The van der Waals surface area contributed by atoms with Crippen LogP contribution in [0.2, 0.25) is 0 Å². The van der Waals surface area contributed by atoms with Gasteiger partial charge in [0.2, 0.25) is 0 Å². The van der Waals surface area contributed by atoms with Crippen LogP contribution in [0.25, 0.3) is 17.1 Å². The number of phenolic OH excluding ortho intramolecular Hbond substituents is 1. The summed E-state index contributed by atoms with van der Waals surface area (Å²) < 4.78 is 12.9. The van der Waals surface area contributed by atoms with Gasteiger partial charge in [-0.3, -0.25) is 4.79 Å². The van der Waals surface area contributed by atoms with E-state index >= 15 is 0 Å². The standard InChI is InChI=1S/C27H27N5O4S/c1-3-35-22-13-11-21(12-14-22)32-26(20-8-6-5-7-9-20)30-31-27(32)37-18-25(34)29-28-17-19-10-15-23(33)24(16-19)36-4-2/h5-17H,3-4,18H2,1-2H3,(H2,28,29,33,34)/p+1. The number of carbonyl (C=O) groups is 1. The summed E-state index contributed by atoms with van der Waals surface area (Å²) in [7, 11) is 0. The second kappa shape index (κ2) is 12.6. The van der Waals surface area contributed by atoms with E-state index in [1.54, 1.807) is 12.1 Å². The number of hydrogen-bond acceptors (Lipinski definition) is 7. The quantitative estimate of drug-likeness (QED) is 0.119. The zero-order valence-corrected chi connectivity index (χ0v) is 21.4. The molecule has 0 spiro atoms. The summed E-state index contributed by atoms with van der Waals surface area (Å²) >= 11 is 1.29. The fourth-order valence-electron chi connectivity index (χ4n) is 3.50. The number of hydrogen-bond donors (Lipinski definition) is 3. The molecule has 0 fully saturated rings. The van der Waals surface area contributed by atoms with E-state index in [0.29, 0.717) is 29.7 Å². The molecule has 3 aromatic carbocycles. The second-order valence-electron chi connectivity index (χ2n) is 7.73. The Labute approximate surface area is 219 Å². The number of aromatic hydroxyl groups is 1. The van der Waals surface area contributed by atoms with Gasteiger partial charge < -0.3 is 14.6 Å². The fraction of sp³-hybridized carbons (Fsp3) is 0.185. The topological polar surface area (TPSA) is 113 Å². The van der Waals surface area contributed by atoms with Gasteiger partial charge >= 0.3 is 5.16 Å². The summed E-state index contributed by atoms with van der Waals surface area (Å²) in [5.74, 6) is 1.81. The predicted molar refractivity (Wildman–Crippen MR) is 142 cm³/mol. The van der Waals surface area contributed by atoms with Gasteiger partial charge in [0.15, 0.2) is 11.5 Å². The van der Waals surface area contributed by atoms with Crippen LogP contribution in [-0.4, -0.2) is 46.4 Å². The molecule has 0 aliphatic carbocycles. The van der Waals surface area contributed by atoms with E-state index < -0.39 is 0 Å². The number of rotatable bonds is 11. The number of amides is 1. The smallest absolute Gasteiger partial charge is 0.342 e. The van der Waals surface area contributed by atoms with E-state index in [2.05, 4.69) is 20.7 Å². The third-order valence-electron chi connectivity index (χ3n) is 5.14. The zero-order valence-electron chi connectivity index (χ0n) is 20.5. The van der Waals surface area contributed by atoms with E-state index in [1.165, 1.54) is 24.0 Å². The van der Waals surface area contributed by atoms with Crippen molar-refractivity contribution in [2.45, 2.75) is 19.0 Å². The monoisotopic (exact) mass is 518 g/mol. The summed E-state index contributed by atoms with van der Waals surface area (Å²) in [6, 6.07) is 22.4. The Kier molecular flexibility index (Phi) is 8.77. The van der Waals surface area contributed by atoms with Crippen LogP contribution in [0.3, 0.4) is 0 Å². The molecule has 1 amide bonds. The molecule has 1 aromatic heterocycles. The number of phenols is 1. The van der Waals surface area contributed by atoms with Crippen LogP contribution in [0.5, 0.6) is 17.2 Å². The van der Waals surface area contributed by atoms with Crippen molar-refractivity contribution in [2.75, 3.05) is 19.0 Å². The molecule has 9 nitrogen and oxygen atoms in total. The second-order valence-corrected chi connectivity index (χ2v) is 8.67. The molecule has 3 N–H and O–H groups in total. The highest BCUT2D eigenvalue weighted by Crippen LogP contribution is 2.26. The van der Waals surface area contributed by atoms with Crippen molar-refractivity contribution in [3.63, 3.8) is 0 Å². The summed E-state index contributed by atoms with van der Waals surface area (Å²) in [5.41, 5.74) is 5.06. The van der Waals surface area contributed by atoms with Crippen LogP contribution in [0.1, 0.15) is 19.4 Å². The minimum Gasteiger partial charge on any atom is -0.504 e. The van der Waals surface area contributed by atoms with Gasteiger partial charge in [-0.15, -0.1) is 5.10 Å². The van der Waals surface area contributed by atoms with Gasteiger partial charge in [-0.1, -0.05) is 18.2 Å². The molecule has 1 heterocycles. The van der Waals surface area contributed by atoms with Crippen molar-refractivity contribution in [3.8, 4) is 34.3 Å². The van der Waals surface area contributed by atoms with Crippen LogP contribution in [0.4, 0.5) is 0 Å². The molecule has 0 aliphatic heterocycles. The molecule has 0 unspecified atom stereocenters. The van der Waals surface area contributed by atoms with Crippen molar-refractivity contribution >= 4 is 23.9 Å². The largest absolute Gasteiger partial charge is 0.504 e. The van der Waals surface area contributed by atoms with Crippen LogP contribution in [0.15, 0.2) is 83.1 Å². The van der Waals surface area contributed by atoms with E-state index in [9.17, 15) is 9.90 Å². The molecule has 0 bridgehead atoms. The van der Waals surface area contributed by atoms with Gasteiger partial charge in [-0.2, -0.15) is 9.67 Å². The number of carbonyl (C=O) groups excluding carboxylic acids is 1. The Morgan fingerprint density at radius 3 is 2.57 bits per heavy atom. The number of thioether (sulfide) groups is 1. The lowest BCUT2D eigenvalue weighted by Gasteiger charge is -2.07. The molecule has 190 valence electrons. The van der Waals surface area contributed by atoms with Crippen molar-refractivity contribution in [2.24, 2.45) is 5.10 Å². The first kappa shape index (κ1) is 25.8. The molecule has 37 heavy (non-hydrogen) atoms. The normalized spacial score (nSPS) is 11.0. The molecule has 0 saturated heterocycles. The Hall–Kier alpha value is -4.31. The van der Waals surface area contributed by atoms with Gasteiger partial charge in [0.25, 0.3) is 11.7 Å². The van der Waals surface area contributed by atoms with E-state index in [0.717, 1.165) is 22.8 Å². The van der Waals surface area contributed by atoms with E-state index in [1.807, 2.05) is 73.0 Å². The molecule has 0 atom stereocenters. The third kappa shape index (κ3) is 6.68. The first-order chi connectivity index (χ1) is 18.1. The first-order valence-corrected chi connectivity index (χ1v) is 12.8. The van der Waals surface area contributed by atoms with Gasteiger partial charge in [0, 0.05) is 0 Å². The number of nitrogens with zero attached hydrogens (tertiary/aromatic N) is 3. The van der Waals surface area contributed by atoms with Crippen LogP contribution in [0, 0.1) is 0 Å². The maximum Gasteiger partial charge on any atom is 0.342 e. The number of benzene rings is 3. The lowest BCUT2D eigenvalue weighted by atomic mass is 10.2. The zero-order chi connectivity index (χ0) is 26.0. The SMILES string of the molecule is CCOc1ccc(-[n+]2c(SCC(=O)NN=Cc3ccc(O)c(OCC)c3)n[nH]c2-c2ccccc2)cc1. The summed E-state index contributed by atoms with van der Waals surface area (Å²) in [4.78, 5) is 12.5. The average molecular weight is 519 g/mol. The van der Waals surface area contributed by atoms with Crippen molar-refractivity contribution < 1.29 is 23.9 Å². The number of aromatic nitrogens is 3. The molecule has 4 aromatic rings. The van der Waals surface area contributed by atoms with Gasteiger partial charge in [-0.25, -0.2) is 5.43 Å². The first-order valence-electron chi connectivity index (χ1n) is 11.8. The van der Waals surface area contributed by atoms with Crippen LogP contribution in [-0.2, 0) is 4.79 Å². The van der Waals surface area contributed by atoms with Gasteiger partial charge in [0.1, 0.15) is 11.4 Å². The Balaban J connectivity index is 1.47. The van der Waals surface area contributed by atoms with Gasteiger partial charge in [0.05, 0.1) is 35.8 Å². The number of ether oxygens (including phenoxy) is 2. The maximum atomic E-state index is 12.5. The average Bonchev–Trinajstić information content (AvgIpc) is 3.34. The highest BCUT2D eigenvalue weighted by Gasteiger charge is 2.24. The van der Waals surface area contributed by atoms with Crippen LogP contribution >= 0.6 is 11.8 Å². The molecular formula is C27H28N5O4S+. The highest BCUT2D eigenvalue weighted by molar-refractivity contribution is 7.99. The summed E-state index contributed by atoms with van der Waals surface area (Å²) in [6.45, 7) is 4.79. The minimum atomic E-state index is -0.285. The molecule has 4 rings (SSSR count). The molecule has 0 aliphatic rings. The molecule has 0 radical (unpaired) electrons. The lowest BCUT2D eigenvalue weighted by Crippen LogP contribution is -2.34. The maximum absolute atomic E-state index is 12.5. The van der Waals surface area contributed by atoms with E-state index in [-0.39, 0.29) is 17.4 Å². The molecular weight excluding hydrogens is 490 g/mol. The Morgan fingerprint density at radius 1 is 1.08 bits per heavy atom. The van der Waals surface area contributed by atoms with E-state index in [4.69, 9.17) is 9.47 Å². The van der Waals surface area contributed by atoms with Crippen molar-refractivity contribution in [1.29, 1.82) is 0 Å². The number of hydrazone groups is 1.